The topological polar surface area (TPSA) is 61.8 Å². The van der Waals surface area contributed by atoms with Gasteiger partial charge in [0.1, 0.15) is 5.25 Å². The molecule has 0 spiro atoms. The molecular formula is C23H27N3O2S. The number of amidine groups is 1. The number of amides is 2. The van der Waals surface area contributed by atoms with Gasteiger partial charge in [0.2, 0.25) is 11.8 Å². The van der Waals surface area contributed by atoms with E-state index in [2.05, 4.69) is 17.2 Å². The Kier molecular flexibility index (Phi) is 7.09. The summed E-state index contributed by atoms with van der Waals surface area (Å²) in [7, 11) is 0. The van der Waals surface area contributed by atoms with Gasteiger partial charge < -0.3 is 5.32 Å². The number of carbonyl (C=O) groups is 2. The summed E-state index contributed by atoms with van der Waals surface area (Å²) in [6, 6.07) is 15.5. The largest absolute Gasteiger partial charge is 0.326 e. The minimum absolute atomic E-state index is 0.0334. The van der Waals surface area contributed by atoms with E-state index in [0.717, 1.165) is 35.3 Å². The average Bonchev–Trinajstić information content (AvgIpc) is 2.97. The number of benzene rings is 2. The lowest BCUT2D eigenvalue weighted by Gasteiger charge is -2.16. The van der Waals surface area contributed by atoms with Crippen LogP contribution < -0.4 is 5.32 Å². The molecule has 1 fully saturated rings. The van der Waals surface area contributed by atoms with E-state index in [1.807, 2.05) is 62.4 Å². The zero-order valence-corrected chi connectivity index (χ0v) is 18.0. The number of unbranched alkanes of at least 4 members (excludes halogenated alkanes) is 1. The Morgan fingerprint density at radius 2 is 1.93 bits per heavy atom. The summed E-state index contributed by atoms with van der Waals surface area (Å²) in [5.41, 5.74) is 3.76. The number of thioether (sulfide) groups is 1. The van der Waals surface area contributed by atoms with Crippen molar-refractivity contribution in [2.75, 3.05) is 11.9 Å². The fourth-order valence-corrected chi connectivity index (χ4v) is 4.37. The van der Waals surface area contributed by atoms with Gasteiger partial charge in [-0.15, -0.1) is 0 Å². The van der Waals surface area contributed by atoms with Crippen LogP contribution in [0.4, 0.5) is 11.4 Å². The van der Waals surface area contributed by atoms with Crippen molar-refractivity contribution in [2.45, 2.75) is 45.3 Å². The highest BCUT2D eigenvalue weighted by Gasteiger charge is 2.38. The molecule has 1 saturated heterocycles. The average molecular weight is 410 g/mol. The van der Waals surface area contributed by atoms with Crippen LogP contribution >= 0.6 is 11.8 Å². The number of aryl methyl sites for hydroxylation is 2. The molecule has 2 aromatic rings. The van der Waals surface area contributed by atoms with Crippen LogP contribution in [0.2, 0.25) is 0 Å². The number of para-hydroxylation sites is 1. The molecular weight excluding hydrogens is 382 g/mol. The van der Waals surface area contributed by atoms with Crippen molar-refractivity contribution in [2.24, 2.45) is 4.99 Å². The molecule has 5 nitrogen and oxygen atoms in total. The molecule has 2 aromatic carbocycles. The van der Waals surface area contributed by atoms with Crippen molar-refractivity contribution in [1.29, 1.82) is 0 Å². The third-order valence-electron chi connectivity index (χ3n) is 4.76. The van der Waals surface area contributed by atoms with Crippen molar-refractivity contribution < 1.29 is 9.59 Å². The first-order valence-corrected chi connectivity index (χ1v) is 10.8. The zero-order valence-electron chi connectivity index (χ0n) is 17.1. The fourth-order valence-electron chi connectivity index (χ4n) is 3.18. The maximum atomic E-state index is 13.0. The molecule has 3 rings (SSSR count). The molecule has 6 heteroatoms. The first kappa shape index (κ1) is 21.1. The SMILES string of the molecule is CCCCN1C(=O)[C@@H](CC(=O)Nc2ccc(C)cc2C)SC1=Nc1ccccc1. The smallest absolute Gasteiger partial charge is 0.242 e. The van der Waals surface area contributed by atoms with Gasteiger partial charge in [0.05, 0.1) is 5.69 Å². The van der Waals surface area contributed by atoms with E-state index in [4.69, 9.17) is 0 Å². The minimum Gasteiger partial charge on any atom is -0.326 e. The molecule has 1 aliphatic rings. The van der Waals surface area contributed by atoms with Crippen LogP contribution in [-0.2, 0) is 9.59 Å². The van der Waals surface area contributed by atoms with E-state index in [1.54, 1.807) is 4.90 Å². The highest BCUT2D eigenvalue weighted by atomic mass is 32.2. The number of anilines is 1. The molecule has 1 aliphatic heterocycles. The maximum Gasteiger partial charge on any atom is 0.242 e. The molecule has 1 heterocycles. The summed E-state index contributed by atoms with van der Waals surface area (Å²) in [6.07, 6.45) is 2.03. The second-order valence-electron chi connectivity index (χ2n) is 7.25. The highest BCUT2D eigenvalue weighted by Crippen LogP contribution is 2.32. The van der Waals surface area contributed by atoms with Crippen LogP contribution in [0.5, 0.6) is 0 Å². The Bertz CT molecular complexity index is 912. The minimum atomic E-state index is -0.444. The van der Waals surface area contributed by atoms with Crippen LogP contribution in [0.3, 0.4) is 0 Å². The van der Waals surface area contributed by atoms with Crippen molar-refractivity contribution >= 4 is 40.1 Å². The number of aliphatic imine (C=N–C) groups is 1. The molecule has 1 atom stereocenters. The van der Waals surface area contributed by atoms with Crippen molar-refractivity contribution in [3.8, 4) is 0 Å². The summed E-state index contributed by atoms with van der Waals surface area (Å²) < 4.78 is 0. The maximum absolute atomic E-state index is 13.0. The van der Waals surface area contributed by atoms with Crippen molar-refractivity contribution in [3.05, 3.63) is 59.7 Å². The summed E-state index contributed by atoms with van der Waals surface area (Å²) >= 11 is 1.38. The molecule has 0 radical (unpaired) electrons. The van der Waals surface area contributed by atoms with Gasteiger partial charge in [-0.3, -0.25) is 14.5 Å². The Morgan fingerprint density at radius 3 is 2.62 bits per heavy atom. The van der Waals surface area contributed by atoms with E-state index >= 15 is 0 Å². The van der Waals surface area contributed by atoms with Gasteiger partial charge in [-0.25, -0.2) is 4.99 Å². The summed E-state index contributed by atoms with van der Waals surface area (Å²) in [5.74, 6) is -0.187. The van der Waals surface area contributed by atoms with Crippen LogP contribution in [-0.4, -0.2) is 33.7 Å². The number of hydrogen-bond donors (Lipinski definition) is 1. The van der Waals surface area contributed by atoms with Gasteiger partial charge in [0, 0.05) is 18.7 Å². The molecule has 0 aliphatic carbocycles. The second kappa shape index (κ2) is 9.74. The number of hydrogen-bond acceptors (Lipinski definition) is 4. The van der Waals surface area contributed by atoms with Gasteiger partial charge in [0.25, 0.3) is 0 Å². The predicted molar refractivity (Wildman–Crippen MR) is 121 cm³/mol. The predicted octanol–water partition coefficient (Wildman–Crippen LogP) is 5.06. The Labute approximate surface area is 176 Å². The monoisotopic (exact) mass is 409 g/mol. The quantitative estimate of drug-likeness (QED) is 0.695. The van der Waals surface area contributed by atoms with Gasteiger partial charge in [-0.2, -0.15) is 0 Å². The molecule has 2 amide bonds. The van der Waals surface area contributed by atoms with Gasteiger partial charge in [-0.1, -0.05) is 61.0 Å². The van der Waals surface area contributed by atoms with Gasteiger partial charge in [0.15, 0.2) is 5.17 Å². The zero-order chi connectivity index (χ0) is 20.8. The van der Waals surface area contributed by atoms with Gasteiger partial charge >= 0.3 is 0 Å². The lowest BCUT2D eigenvalue weighted by molar-refractivity contribution is -0.128. The first-order valence-electron chi connectivity index (χ1n) is 9.97. The Hall–Kier alpha value is -2.60. The van der Waals surface area contributed by atoms with Gasteiger partial charge in [-0.05, 0) is 44.0 Å². The van der Waals surface area contributed by atoms with Crippen LogP contribution in [0.15, 0.2) is 53.5 Å². The number of nitrogens with zero attached hydrogens (tertiary/aromatic N) is 2. The third-order valence-corrected chi connectivity index (χ3v) is 5.94. The molecule has 152 valence electrons. The van der Waals surface area contributed by atoms with Crippen LogP contribution in [0, 0.1) is 13.8 Å². The van der Waals surface area contributed by atoms with E-state index < -0.39 is 5.25 Å². The molecule has 0 saturated carbocycles. The van der Waals surface area contributed by atoms with Crippen LogP contribution in [0.25, 0.3) is 0 Å². The van der Waals surface area contributed by atoms with E-state index in [1.165, 1.54) is 11.8 Å². The third kappa shape index (κ3) is 5.48. The lowest BCUT2D eigenvalue weighted by atomic mass is 10.1. The van der Waals surface area contributed by atoms with E-state index in [9.17, 15) is 9.59 Å². The lowest BCUT2D eigenvalue weighted by Crippen LogP contribution is -2.34. The summed E-state index contributed by atoms with van der Waals surface area (Å²) in [4.78, 5) is 32.0. The van der Waals surface area contributed by atoms with Crippen molar-refractivity contribution in [3.63, 3.8) is 0 Å². The molecule has 0 unspecified atom stereocenters. The summed E-state index contributed by atoms with van der Waals surface area (Å²) in [5, 5.41) is 3.18. The molecule has 0 bridgehead atoms. The van der Waals surface area contributed by atoms with E-state index in [-0.39, 0.29) is 18.2 Å². The Morgan fingerprint density at radius 1 is 1.17 bits per heavy atom. The number of rotatable bonds is 7. The van der Waals surface area contributed by atoms with Crippen LogP contribution in [0.1, 0.15) is 37.3 Å². The number of nitrogens with one attached hydrogen (secondary N) is 1. The fraction of sp³-hybridized carbons (Fsp3) is 0.348. The highest BCUT2D eigenvalue weighted by molar-refractivity contribution is 8.15. The first-order chi connectivity index (χ1) is 14.0. The summed E-state index contributed by atoms with van der Waals surface area (Å²) in [6.45, 7) is 6.71. The van der Waals surface area contributed by atoms with Crippen molar-refractivity contribution in [1.82, 2.24) is 4.90 Å². The molecule has 1 N–H and O–H groups in total. The normalized spacial score (nSPS) is 17.8. The number of carbonyl (C=O) groups excluding carboxylic acids is 2. The standard InChI is InChI=1S/C23H27N3O2S/c1-4-5-13-26-22(28)20(29-23(26)24-18-9-7-6-8-10-18)15-21(27)25-19-12-11-16(2)14-17(19)3/h6-12,14,20H,4-5,13,15H2,1-3H3,(H,25,27)/t20-/m1/s1. The van der Waals surface area contributed by atoms with E-state index in [0.29, 0.717) is 11.7 Å². The second-order valence-corrected chi connectivity index (χ2v) is 8.42. The Balaban J connectivity index is 1.72. The molecule has 0 aromatic heterocycles. The molecule has 29 heavy (non-hydrogen) atoms.